The molecule has 1 aliphatic rings. The average molecular weight is 213 g/mol. The zero-order valence-electron chi connectivity index (χ0n) is 9.83. The van der Waals surface area contributed by atoms with Gasteiger partial charge >= 0.3 is 0 Å². The van der Waals surface area contributed by atoms with E-state index in [0.717, 1.165) is 32.1 Å². The Hall–Kier alpha value is -0.610. The van der Waals surface area contributed by atoms with Crippen LogP contribution in [0, 0.1) is 5.92 Å². The lowest BCUT2D eigenvalue weighted by Crippen LogP contribution is -2.48. The van der Waals surface area contributed by atoms with Crippen LogP contribution in [0.5, 0.6) is 0 Å². The third kappa shape index (κ3) is 3.80. The molecule has 4 heteroatoms. The highest BCUT2D eigenvalue weighted by Gasteiger charge is 2.25. The number of primary amides is 1. The second kappa shape index (κ2) is 6.08. The summed E-state index contributed by atoms with van der Waals surface area (Å²) in [5.74, 6) is 0.567. The van der Waals surface area contributed by atoms with Crippen LogP contribution in [0.15, 0.2) is 0 Å². The first-order valence-corrected chi connectivity index (χ1v) is 5.92. The molecule has 1 rings (SSSR count). The summed E-state index contributed by atoms with van der Waals surface area (Å²) < 4.78 is 0. The van der Waals surface area contributed by atoms with Crippen molar-refractivity contribution in [2.24, 2.45) is 11.7 Å². The molecule has 0 spiro atoms. The monoisotopic (exact) mass is 213 g/mol. The third-order valence-electron chi connectivity index (χ3n) is 3.18. The predicted molar refractivity (Wildman–Crippen MR) is 61.5 cm³/mol. The molecule has 0 radical (unpaired) electrons. The van der Waals surface area contributed by atoms with Crippen molar-refractivity contribution >= 4 is 5.91 Å². The van der Waals surface area contributed by atoms with Crippen LogP contribution in [0.25, 0.3) is 0 Å². The molecule has 3 N–H and O–H groups in total. The number of nitrogens with zero attached hydrogens (tertiary/aromatic N) is 1. The standard InChI is InChI=1S/C11H23N3O/c1-3-9-5-6-14(7-9)8-10(11(12)15)13-4-2/h9-10,13H,3-8H2,1-2H3,(H2,12,15). The number of carbonyl (C=O) groups is 1. The fourth-order valence-corrected chi connectivity index (χ4v) is 2.17. The SMILES string of the molecule is CCNC(CN1CCC(CC)C1)C(N)=O. The van der Waals surface area contributed by atoms with Crippen molar-refractivity contribution < 1.29 is 4.79 Å². The number of nitrogens with one attached hydrogen (secondary N) is 1. The maximum absolute atomic E-state index is 11.2. The highest BCUT2D eigenvalue weighted by Crippen LogP contribution is 2.18. The second-order valence-electron chi connectivity index (χ2n) is 4.34. The Balaban J connectivity index is 2.35. The van der Waals surface area contributed by atoms with Gasteiger partial charge in [0.25, 0.3) is 0 Å². The van der Waals surface area contributed by atoms with Gasteiger partial charge in [-0.1, -0.05) is 20.3 Å². The molecule has 4 nitrogen and oxygen atoms in total. The van der Waals surface area contributed by atoms with Gasteiger partial charge in [0.2, 0.25) is 5.91 Å². The minimum absolute atomic E-state index is 0.189. The highest BCUT2D eigenvalue weighted by atomic mass is 16.1. The molecule has 1 heterocycles. The molecule has 1 saturated heterocycles. The Kier molecular flexibility index (Phi) is 5.05. The fourth-order valence-electron chi connectivity index (χ4n) is 2.17. The van der Waals surface area contributed by atoms with Crippen LogP contribution in [0.3, 0.4) is 0 Å². The van der Waals surface area contributed by atoms with Gasteiger partial charge in [-0.15, -0.1) is 0 Å². The zero-order valence-corrected chi connectivity index (χ0v) is 9.83. The summed E-state index contributed by atoms with van der Waals surface area (Å²) in [6.07, 6.45) is 2.49. The van der Waals surface area contributed by atoms with E-state index in [1.54, 1.807) is 0 Å². The average Bonchev–Trinajstić information content (AvgIpc) is 2.65. The van der Waals surface area contributed by atoms with Crippen molar-refractivity contribution in [3.05, 3.63) is 0 Å². The maximum Gasteiger partial charge on any atom is 0.235 e. The van der Waals surface area contributed by atoms with Gasteiger partial charge in [0.05, 0.1) is 6.04 Å². The van der Waals surface area contributed by atoms with Gasteiger partial charge in [-0.25, -0.2) is 0 Å². The summed E-state index contributed by atoms with van der Waals surface area (Å²) in [5, 5.41) is 3.13. The Bertz CT molecular complexity index is 208. The van der Waals surface area contributed by atoms with Gasteiger partial charge in [0.1, 0.15) is 0 Å². The van der Waals surface area contributed by atoms with Gasteiger partial charge in [0, 0.05) is 13.1 Å². The van der Waals surface area contributed by atoms with E-state index in [-0.39, 0.29) is 11.9 Å². The Morgan fingerprint density at radius 1 is 1.60 bits per heavy atom. The number of hydrogen-bond donors (Lipinski definition) is 2. The van der Waals surface area contributed by atoms with E-state index in [9.17, 15) is 4.79 Å². The molecule has 0 aromatic carbocycles. The van der Waals surface area contributed by atoms with Crippen molar-refractivity contribution in [1.29, 1.82) is 0 Å². The van der Waals surface area contributed by atoms with Crippen LogP contribution in [0.4, 0.5) is 0 Å². The van der Waals surface area contributed by atoms with Crippen LogP contribution in [0.2, 0.25) is 0 Å². The van der Waals surface area contributed by atoms with Crippen molar-refractivity contribution in [1.82, 2.24) is 10.2 Å². The molecule has 88 valence electrons. The van der Waals surface area contributed by atoms with Crippen molar-refractivity contribution in [2.75, 3.05) is 26.2 Å². The number of amides is 1. The smallest absolute Gasteiger partial charge is 0.235 e. The van der Waals surface area contributed by atoms with E-state index < -0.39 is 0 Å². The minimum atomic E-state index is -0.239. The number of carbonyl (C=O) groups excluding carboxylic acids is 1. The molecule has 1 aliphatic heterocycles. The van der Waals surface area contributed by atoms with E-state index in [4.69, 9.17) is 5.73 Å². The molecule has 1 amide bonds. The number of nitrogens with two attached hydrogens (primary N) is 1. The minimum Gasteiger partial charge on any atom is -0.368 e. The molecule has 0 saturated carbocycles. The first-order chi connectivity index (χ1) is 7.17. The predicted octanol–water partition coefficient (Wildman–Crippen LogP) is 0.182. The zero-order chi connectivity index (χ0) is 11.3. The van der Waals surface area contributed by atoms with Crippen LogP contribution in [-0.4, -0.2) is 43.0 Å². The van der Waals surface area contributed by atoms with Crippen LogP contribution >= 0.6 is 0 Å². The summed E-state index contributed by atoms with van der Waals surface area (Å²) in [6.45, 7) is 8.00. The Morgan fingerprint density at radius 3 is 2.80 bits per heavy atom. The molecular weight excluding hydrogens is 190 g/mol. The first kappa shape index (κ1) is 12.5. The fraction of sp³-hybridized carbons (Fsp3) is 0.909. The van der Waals surface area contributed by atoms with Gasteiger partial charge in [-0.3, -0.25) is 4.79 Å². The molecule has 0 aliphatic carbocycles. The lowest BCUT2D eigenvalue weighted by molar-refractivity contribution is -0.120. The maximum atomic E-state index is 11.2. The van der Waals surface area contributed by atoms with E-state index in [2.05, 4.69) is 17.1 Å². The number of likely N-dealkylation sites (N-methyl/N-ethyl adjacent to an activating group) is 1. The quantitative estimate of drug-likeness (QED) is 0.662. The lowest BCUT2D eigenvalue weighted by Gasteiger charge is -2.22. The molecular formula is C11H23N3O. The van der Waals surface area contributed by atoms with E-state index in [1.165, 1.54) is 12.8 Å². The highest BCUT2D eigenvalue weighted by molar-refractivity contribution is 5.80. The van der Waals surface area contributed by atoms with E-state index in [0.29, 0.717) is 0 Å². The molecule has 1 fully saturated rings. The lowest BCUT2D eigenvalue weighted by atomic mass is 10.1. The topological polar surface area (TPSA) is 58.4 Å². The van der Waals surface area contributed by atoms with E-state index >= 15 is 0 Å². The van der Waals surface area contributed by atoms with Crippen molar-refractivity contribution in [3.63, 3.8) is 0 Å². The van der Waals surface area contributed by atoms with Gasteiger partial charge in [-0.05, 0) is 25.4 Å². The summed E-state index contributed by atoms with van der Waals surface area (Å²) >= 11 is 0. The summed E-state index contributed by atoms with van der Waals surface area (Å²) in [4.78, 5) is 13.5. The largest absolute Gasteiger partial charge is 0.368 e. The van der Waals surface area contributed by atoms with Crippen LogP contribution in [0.1, 0.15) is 26.7 Å². The van der Waals surface area contributed by atoms with Crippen molar-refractivity contribution in [2.45, 2.75) is 32.7 Å². The molecule has 0 bridgehead atoms. The Labute approximate surface area is 92.2 Å². The summed E-state index contributed by atoms with van der Waals surface area (Å²) in [5.41, 5.74) is 5.34. The first-order valence-electron chi connectivity index (χ1n) is 5.92. The van der Waals surface area contributed by atoms with E-state index in [1.807, 2.05) is 6.92 Å². The van der Waals surface area contributed by atoms with Crippen LogP contribution < -0.4 is 11.1 Å². The number of rotatable bonds is 6. The third-order valence-corrected chi connectivity index (χ3v) is 3.18. The van der Waals surface area contributed by atoms with Gasteiger partial charge < -0.3 is 16.0 Å². The van der Waals surface area contributed by atoms with Gasteiger partial charge in [-0.2, -0.15) is 0 Å². The molecule has 0 aromatic rings. The normalized spacial score (nSPS) is 24.3. The summed E-state index contributed by atoms with van der Waals surface area (Å²) in [7, 11) is 0. The Morgan fingerprint density at radius 2 is 2.33 bits per heavy atom. The number of likely N-dealkylation sites (tertiary alicyclic amines) is 1. The second-order valence-corrected chi connectivity index (χ2v) is 4.34. The van der Waals surface area contributed by atoms with Gasteiger partial charge in [0.15, 0.2) is 0 Å². The molecule has 15 heavy (non-hydrogen) atoms. The van der Waals surface area contributed by atoms with Crippen molar-refractivity contribution in [3.8, 4) is 0 Å². The van der Waals surface area contributed by atoms with Crippen LogP contribution in [-0.2, 0) is 4.79 Å². The summed E-state index contributed by atoms with van der Waals surface area (Å²) in [6, 6.07) is -0.189. The molecule has 2 atom stereocenters. The molecule has 0 aromatic heterocycles. The molecule has 2 unspecified atom stereocenters. The number of hydrogen-bond acceptors (Lipinski definition) is 3.